The first-order valence-corrected chi connectivity index (χ1v) is 7.05. The Hall–Kier alpha value is -0.220. The second kappa shape index (κ2) is 6.38. The number of nitrogens with one attached hydrogen (secondary N) is 2. The molecule has 1 aliphatic heterocycles. The van der Waals surface area contributed by atoms with Crippen LogP contribution in [-0.2, 0) is 4.79 Å². The van der Waals surface area contributed by atoms with Gasteiger partial charge in [-0.3, -0.25) is 4.79 Å². The van der Waals surface area contributed by atoms with Crippen LogP contribution in [0.1, 0.15) is 26.7 Å². The van der Waals surface area contributed by atoms with Gasteiger partial charge in [-0.15, -0.1) is 0 Å². The van der Waals surface area contributed by atoms with Crippen LogP contribution in [0, 0.1) is 5.92 Å². The summed E-state index contributed by atoms with van der Waals surface area (Å²) in [5.41, 5.74) is 0. The second-order valence-electron chi connectivity index (χ2n) is 4.50. The number of piperidine rings is 1. The van der Waals surface area contributed by atoms with Crippen molar-refractivity contribution in [3.63, 3.8) is 0 Å². The molecule has 1 heterocycles. The fourth-order valence-corrected chi connectivity index (χ4v) is 2.53. The molecule has 1 amide bonds. The molecule has 3 atom stereocenters. The lowest BCUT2D eigenvalue weighted by molar-refractivity contribution is -0.124. The summed E-state index contributed by atoms with van der Waals surface area (Å²) in [6, 6.07) is 0.296. The summed E-state index contributed by atoms with van der Waals surface area (Å²) in [6.45, 7) is 5.24. The number of rotatable bonds is 4. The van der Waals surface area contributed by atoms with E-state index in [2.05, 4.69) is 30.7 Å². The Morgan fingerprint density at radius 2 is 2.40 bits per heavy atom. The highest BCUT2D eigenvalue weighted by molar-refractivity contribution is 7.98. The fourth-order valence-electron chi connectivity index (χ4n) is 1.94. The summed E-state index contributed by atoms with van der Waals surface area (Å²) < 4.78 is 0. The van der Waals surface area contributed by atoms with Gasteiger partial charge in [0.25, 0.3) is 0 Å². The van der Waals surface area contributed by atoms with Crippen molar-refractivity contribution in [1.29, 1.82) is 0 Å². The Morgan fingerprint density at radius 3 is 3.00 bits per heavy atom. The zero-order valence-corrected chi connectivity index (χ0v) is 10.7. The van der Waals surface area contributed by atoms with Gasteiger partial charge in [0.1, 0.15) is 0 Å². The minimum atomic E-state index is 0.0260. The van der Waals surface area contributed by atoms with Crippen LogP contribution in [0.2, 0.25) is 0 Å². The van der Waals surface area contributed by atoms with Gasteiger partial charge in [0.05, 0.1) is 6.04 Å². The summed E-state index contributed by atoms with van der Waals surface area (Å²) in [7, 11) is 0. The molecular formula is C11H22N2OS. The number of hydrogen-bond donors (Lipinski definition) is 2. The Morgan fingerprint density at radius 1 is 1.67 bits per heavy atom. The smallest absolute Gasteiger partial charge is 0.237 e. The predicted octanol–water partition coefficient (Wildman–Crippen LogP) is 1.24. The molecule has 0 radical (unpaired) electrons. The first-order valence-electron chi connectivity index (χ1n) is 5.66. The molecule has 0 spiro atoms. The van der Waals surface area contributed by atoms with E-state index in [9.17, 15) is 4.79 Å². The Balaban J connectivity index is 2.32. The van der Waals surface area contributed by atoms with Crippen molar-refractivity contribution in [2.45, 2.75) is 38.8 Å². The van der Waals surface area contributed by atoms with E-state index in [0.29, 0.717) is 5.92 Å². The highest BCUT2D eigenvalue weighted by atomic mass is 32.2. The van der Waals surface area contributed by atoms with Crippen LogP contribution < -0.4 is 10.6 Å². The zero-order chi connectivity index (χ0) is 11.3. The van der Waals surface area contributed by atoms with Gasteiger partial charge in [-0.1, -0.05) is 6.92 Å². The van der Waals surface area contributed by atoms with E-state index in [0.717, 1.165) is 18.7 Å². The molecule has 0 bridgehead atoms. The van der Waals surface area contributed by atoms with Gasteiger partial charge >= 0.3 is 0 Å². The number of amides is 1. The van der Waals surface area contributed by atoms with E-state index < -0.39 is 0 Å². The molecule has 1 rings (SSSR count). The largest absolute Gasteiger partial charge is 0.351 e. The van der Waals surface area contributed by atoms with Crippen LogP contribution in [0.5, 0.6) is 0 Å². The Bertz CT molecular complexity index is 211. The topological polar surface area (TPSA) is 41.1 Å². The van der Waals surface area contributed by atoms with Gasteiger partial charge in [0, 0.05) is 11.8 Å². The Labute approximate surface area is 96.8 Å². The van der Waals surface area contributed by atoms with Crippen LogP contribution in [0.25, 0.3) is 0 Å². The molecule has 2 N–H and O–H groups in total. The van der Waals surface area contributed by atoms with Gasteiger partial charge in [-0.2, -0.15) is 11.8 Å². The van der Waals surface area contributed by atoms with E-state index in [1.807, 2.05) is 0 Å². The van der Waals surface area contributed by atoms with Gasteiger partial charge in [0.2, 0.25) is 5.91 Å². The normalized spacial score (nSPS) is 28.5. The van der Waals surface area contributed by atoms with E-state index in [1.54, 1.807) is 11.8 Å². The molecule has 0 saturated carbocycles. The first kappa shape index (κ1) is 12.8. The number of thioether (sulfide) groups is 1. The first-order chi connectivity index (χ1) is 7.13. The molecule has 1 saturated heterocycles. The summed E-state index contributed by atoms with van der Waals surface area (Å²) >= 11 is 1.76. The van der Waals surface area contributed by atoms with Crippen molar-refractivity contribution in [2.75, 3.05) is 18.6 Å². The third-order valence-electron chi connectivity index (χ3n) is 2.79. The van der Waals surface area contributed by atoms with E-state index >= 15 is 0 Å². The highest BCUT2D eigenvalue weighted by Gasteiger charge is 2.24. The van der Waals surface area contributed by atoms with Gasteiger partial charge < -0.3 is 10.6 Å². The molecule has 0 aromatic carbocycles. The average molecular weight is 230 g/mol. The third-order valence-corrected chi connectivity index (χ3v) is 3.62. The molecule has 0 aromatic heterocycles. The summed E-state index contributed by atoms with van der Waals surface area (Å²) in [4.78, 5) is 11.8. The van der Waals surface area contributed by atoms with Gasteiger partial charge in [0.15, 0.2) is 0 Å². The highest BCUT2D eigenvalue weighted by Crippen LogP contribution is 2.15. The van der Waals surface area contributed by atoms with Crippen molar-refractivity contribution < 1.29 is 4.79 Å². The van der Waals surface area contributed by atoms with E-state index in [-0.39, 0.29) is 18.0 Å². The third kappa shape index (κ3) is 4.43. The van der Waals surface area contributed by atoms with E-state index in [4.69, 9.17) is 0 Å². The van der Waals surface area contributed by atoms with E-state index in [1.165, 1.54) is 6.42 Å². The molecule has 15 heavy (non-hydrogen) atoms. The number of carbonyl (C=O) groups excluding carboxylic acids is 1. The molecule has 3 unspecified atom stereocenters. The fraction of sp³-hybridized carbons (Fsp3) is 0.909. The molecular weight excluding hydrogens is 208 g/mol. The van der Waals surface area contributed by atoms with Crippen molar-refractivity contribution >= 4 is 17.7 Å². The molecule has 1 aliphatic rings. The number of carbonyl (C=O) groups is 1. The molecule has 0 aliphatic carbocycles. The summed E-state index contributed by atoms with van der Waals surface area (Å²) in [5, 5.41) is 6.33. The van der Waals surface area contributed by atoms with Crippen LogP contribution in [-0.4, -0.2) is 36.5 Å². The predicted molar refractivity (Wildman–Crippen MR) is 66.2 cm³/mol. The number of hydrogen-bond acceptors (Lipinski definition) is 3. The quantitative estimate of drug-likeness (QED) is 0.763. The van der Waals surface area contributed by atoms with Crippen molar-refractivity contribution in [3.8, 4) is 0 Å². The minimum Gasteiger partial charge on any atom is -0.351 e. The second-order valence-corrected chi connectivity index (χ2v) is 5.41. The monoisotopic (exact) mass is 230 g/mol. The van der Waals surface area contributed by atoms with Crippen LogP contribution >= 0.6 is 11.8 Å². The Kier molecular flexibility index (Phi) is 5.47. The van der Waals surface area contributed by atoms with Crippen LogP contribution in [0.3, 0.4) is 0 Å². The lowest BCUT2D eigenvalue weighted by Gasteiger charge is -2.28. The maximum atomic E-state index is 11.8. The lowest BCUT2D eigenvalue weighted by atomic mass is 9.94. The molecule has 3 nitrogen and oxygen atoms in total. The standard InChI is InChI=1S/C11H22N2OS/c1-8-4-5-12-10(6-8)11(14)13-9(2)7-15-3/h8-10,12H,4-7H2,1-3H3,(H,13,14). The molecule has 4 heteroatoms. The summed E-state index contributed by atoms with van der Waals surface area (Å²) in [5.74, 6) is 1.81. The summed E-state index contributed by atoms with van der Waals surface area (Å²) in [6.07, 6.45) is 4.21. The molecule has 88 valence electrons. The van der Waals surface area contributed by atoms with Crippen molar-refractivity contribution in [1.82, 2.24) is 10.6 Å². The van der Waals surface area contributed by atoms with Crippen molar-refractivity contribution in [2.24, 2.45) is 5.92 Å². The minimum absolute atomic E-state index is 0.0260. The van der Waals surface area contributed by atoms with Gasteiger partial charge in [-0.25, -0.2) is 0 Å². The average Bonchev–Trinajstić information content (AvgIpc) is 2.18. The molecule has 1 fully saturated rings. The lowest BCUT2D eigenvalue weighted by Crippen LogP contribution is -2.50. The maximum Gasteiger partial charge on any atom is 0.237 e. The molecule has 0 aromatic rings. The maximum absolute atomic E-state index is 11.8. The van der Waals surface area contributed by atoms with Gasteiger partial charge in [-0.05, 0) is 38.5 Å². The SMILES string of the molecule is CSCC(C)NC(=O)C1CC(C)CCN1. The van der Waals surface area contributed by atoms with Crippen molar-refractivity contribution in [3.05, 3.63) is 0 Å². The van der Waals surface area contributed by atoms with Crippen LogP contribution in [0.15, 0.2) is 0 Å². The zero-order valence-electron chi connectivity index (χ0n) is 9.88. The van der Waals surface area contributed by atoms with Crippen LogP contribution in [0.4, 0.5) is 0 Å².